The number of fused-ring (bicyclic) bond motifs is 1. The summed E-state index contributed by atoms with van der Waals surface area (Å²) in [4.78, 5) is 13.2. The standard InChI is InChI=1S/C24H29FN2O3/c1-4-29-12-11-27-23-14-22(30-17(2)3)10-7-19(23)13-20(24(27)28)16-26-15-18-5-8-21(25)9-6-18/h5-10,13-14,17,26H,4,11-12,15-16H2,1-3H3. The van der Waals surface area contributed by atoms with Gasteiger partial charge in [0.25, 0.3) is 5.56 Å². The fourth-order valence-corrected chi connectivity index (χ4v) is 3.35. The minimum Gasteiger partial charge on any atom is -0.491 e. The Morgan fingerprint density at radius 2 is 1.83 bits per heavy atom. The Balaban J connectivity index is 1.86. The number of benzene rings is 2. The van der Waals surface area contributed by atoms with E-state index in [1.165, 1.54) is 12.1 Å². The minimum absolute atomic E-state index is 0.0458. The van der Waals surface area contributed by atoms with Crippen molar-refractivity contribution in [2.24, 2.45) is 0 Å². The van der Waals surface area contributed by atoms with Crippen LogP contribution in [-0.4, -0.2) is 23.9 Å². The summed E-state index contributed by atoms with van der Waals surface area (Å²) in [6.07, 6.45) is 0.0565. The highest BCUT2D eigenvalue weighted by molar-refractivity contribution is 5.81. The fraction of sp³-hybridized carbons (Fsp3) is 0.375. The maximum Gasteiger partial charge on any atom is 0.255 e. The monoisotopic (exact) mass is 412 g/mol. The van der Waals surface area contributed by atoms with Crippen molar-refractivity contribution < 1.29 is 13.9 Å². The Morgan fingerprint density at radius 1 is 1.07 bits per heavy atom. The lowest BCUT2D eigenvalue weighted by atomic mass is 10.1. The number of hydrogen-bond acceptors (Lipinski definition) is 4. The molecule has 0 aliphatic rings. The van der Waals surface area contributed by atoms with Gasteiger partial charge in [0, 0.05) is 37.9 Å². The Morgan fingerprint density at radius 3 is 2.53 bits per heavy atom. The van der Waals surface area contributed by atoms with E-state index in [-0.39, 0.29) is 17.5 Å². The van der Waals surface area contributed by atoms with E-state index in [0.29, 0.717) is 38.4 Å². The third-order valence-corrected chi connectivity index (χ3v) is 4.74. The summed E-state index contributed by atoms with van der Waals surface area (Å²) in [5, 5.41) is 4.26. The van der Waals surface area contributed by atoms with Crippen molar-refractivity contribution in [2.75, 3.05) is 13.2 Å². The van der Waals surface area contributed by atoms with Crippen LogP contribution < -0.4 is 15.6 Å². The van der Waals surface area contributed by atoms with E-state index in [1.54, 1.807) is 16.7 Å². The Bertz CT molecular complexity index is 1030. The Labute approximate surface area is 176 Å². The molecule has 0 unspecified atom stereocenters. The van der Waals surface area contributed by atoms with Gasteiger partial charge in [-0.25, -0.2) is 4.39 Å². The quantitative estimate of drug-likeness (QED) is 0.506. The van der Waals surface area contributed by atoms with Crippen LogP contribution >= 0.6 is 0 Å². The smallest absolute Gasteiger partial charge is 0.255 e. The number of aromatic nitrogens is 1. The van der Waals surface area contributed by atoms with Crippen molar-refractivity contribution >= 4 is 10.9 Å². The second-order valence-corrected chi connectivity index (χ2v) is 7.44. The Kier molecular flexibility index (Phi) is 7.60. The van der Waals surface area contributed by atoms with Gasteiger partial charge in [0.05, 0.1) is 18.2 Å². The molecule has 0 spiro atoms. The average molecular weight is 413 g/mol. The normalized spacial score (nSPS) is 11.4. The van der Waals surface area contributed by atoms with Crippen LogP contribution in [-0.2, 0) is 24.4 Å². The molecule has 0 fully saturated rings. The van der Waals surface area contributed by atoms with Crippen molar-refractivity contribution in [1.82, 2.24) is 9.88 Å². The molecular weight excluding hydrogens is 383 g/mol. The lowest BCUT2D eigenvalue weighted by Gasteiger charge is -2.16. The minimum atomic E-state index is -0.258. The molecule has 3 rings (SSSR count). The number of ether oxygens (including phenoxy) is 2. The van der Waals surface area contributed by atoms with E-state index in [4.69, 9.17) is 9.47 Å². The van der Waals surface area contributed by atoms with Crippen LogP contribution in [0.3, 0.4) is 0 Å². The molecule has 2 aromatic carbocycles. The van der Waals surface area contributed by atoms with Crippen LogP contribution in [0.25, 0.3) is 10.9 Å². The van der Waals surface area contributed by atoms with Crippen molar-refractivity contribution in [3.63, 3.8) is 0 Å². The van der Waals surface area contributed by atoms with E-state index >= 15 is 0 Å². The van der Waals surface area contributed by atoms with Gasteiger partial charge in [0.2, 0.25) is 0 Å². The van der Waals surface area contributed by atoms with Gasteiger partial charge in [-0.1, -0.05) is 12.1 Å². The van der Waals surface area contributed by atoms with Crippen molar-refractivity contribution in [3.05, 3.63) is 75.8 Å². The number of nitrogens with one attached hydrogen (secondary N) is 1. The summed E-state index contributed by atoms with van der Waals surface area (Å²) in [6.45, 7) is 8.40. The fourth-order valence-electron chi connectivity index (χ4n) is 3.35. The van der Waals surface area contributed by atoms with Gasteiger partial charge >= 0.3 is 0 Å². The number of rotatable bonds is 10. The zero-order valence-corrected chi connectivity index (χ0v) is 17.8. The molecule has 5 nitrogen and oxygen atoms in total. The highest BCUT2D eigenvalue weighted by Gasteiger charge is 2.11. The molecule has 0 aliphatic heterocycles. The third-order valence-electron chi connectivity index (χ3n) is 4.74. The molecule has 0 aliphatic carbocycles. The van der Waals surface area contributed by atoms with Crippen LogP contribution in [0.2, 0.25) is 0 Å². The molecule has 0 atom stereocenters. The third kappa shape index (κ3) is 5.68. The molecule has 0 radical (unpaired) electrons. The molecule has 1 heterocycles. The summed E-state index contributed by atoms with van der Waals surface area (Å²) in [7, 11) is 0. The molecule has 0 amide bonds. The lowest BCUT2D eigenvalue weighted by molar-refractivity contribution is 0.139. The molecule has 0 saturated carbocycles. The molecule has 0 bridgehead atoms. The Hall–Kier alpha value is -2.70. The SMILES string of the molecule is CCOCCn1c(=O)c(CNCc2ccc(F)cc2)cc2ccc(OC(C)C)cc21. The van der Waals surface area contributed by atoms with E-state index in [9.17, 15) is 9.18 Å². The van der Waals surface area contributed by atoms with E-state index < -0.39 is 0 Å². The molecule has 1 aromatic heterocycles. The highest BCUT2D eigenvalue weighted by Crippen LogP contribution is 2.22. The summed E-state index contributed by atoms with van der Waals surface area (Å²) >= 11 is 0. The number of hydrogen-bond donors (Lipinski definition) is 1. The van der Waals surface area contributed by atoms with Crippen molar-refractivity contribution in [2.45, 2.75) is 46.5 Å². The summed E-state index contributed by atoms with van der Waals surface area (Å²) < 4.78 is 26.1. The maximum absolute atomic E-state index is 13.2. The maximum atomic E-state index is 13.2. The summed E-state index contributed by atoms with van der Waals surface area (Å²) in [5.74, 6) is 0.482. The molecule has 160 valence electrons. The molecule has 3 aromatic rings. The largest absolute Gasteiger partial charge is 0.491 e. The summed E-state index contributed by atoms with van der Waals surface area (Å²) in [5.41, 5.74) is 2.43. The van der Waals surface area contributed by atoms with E-state index in [2.05, 4.69) is 5.32 Å². The molecule has 6 heteroatoms. The van der Waals surface area contributed by atoms with Crippen LogP contribution in [0, 0.1) is 5.82 Å². The number of halogens is 1. The van der Waals surface area contributed by atoms with Gasteiger partial charge in [-0.3, -0.25) is 4.79 Å². The van der Waals surface area contributed by atoms with Crippen LogP contribution in [0.5, 0.6) is 5.75 Å². The topological polar surface area (TPSA) is 52.5 Å². The van der Waals surface area contributed by atoms with Crippen LogP contribution in [0.4, 0.5) is 4.39 Å². The lowest BCUT2D eigenvalue weighted by Crippen LogP contribution is -2.29. The summed E-state index contributed by atoms with van der Waals surface area (Å²) in [6, 6.07) is 14.1. The first-order valence-electron chi connectivity index (χ1n) is 10.3. The molecule has 30 heavy (non-hydrogen) atoms. The van der Waals surface area contributed by atoms with Gasteiger partial charge in [-0.2, -0.15) is 0 Å². The number of nitrogens with zero attached hydrogens (tertiary/aromatic N) is 1. The first-order chi connectivity index (χ1) is 14.5. The first kappa shape index (κ1) is 22.0. The first-order valence-corrected chi connectivity index (χ1v) is 10.3. The van der Waals surface area contributed by atoms with Gasteiger partial charge in [-0.15, -0.1) is 0 Å². The van der Waals surface area contributed by atoms with Gasteiger partial charge in [-0.05, 0) is 62.1 Å². The molecule has 1 N–H and O–H groups in total. The van der Waals surface area contributed by atoms with Gasteiger partial charge in [0.15, 0.2) is 0 Å². The zero-order valence-electron chi connectivity index (χ0n) is 17.8. The molecule has 0 saturated heterocycles. The van der Waals surface area contributed by atoms with Crippen LogP contribution in [0.15, 0.2) is 53.3 Å². The highest BCUT2D eigenvalue weighted by atomic mass is 19.1. The second kappa shape index (κ2) is 10.4. The number of pyridine rings is 1. The second-order valence-electron chi connectivity index (χ2n) is 7.44. The average Bonchev–Trinajstić information content (AvgIpc) is 2.71. The van der Waals surface area contributed by atoms with Crippen LogP contribution in [0.1, 0.15) is 31.9 Å². The van der Waals surface area contributed by atoms with Gasteiger partial charge in [0.1, 0.15) is 11.6 Å². The molecular formula is C24H29FN2O3. The van der Waals surface area contributed by atoms with Crippen molar-refractivity contribution in [1.29, 1.82) is 0 Å². The van der Waals surface area contributed by atoms with E-state index in [1.807, 2.05) is 45.0 Å². The van der Waals surface area contributed by atoms with Gasteiger partial charge < -0.3 is 19.4 Å². The zero-order chi connectivity index (χ0) is 21.5. The predicted octanol–water partition coefficient (Wildman–Crippen LogP) is 4.25. The van der Waals surface area contributed by atoms with E-state index in [0.717, 1.165) is 22.2 Å². The van der Waals surface area contributed by atoms with Crippen molar-refractivity contribution in [3.8, 4) is 5.75 Å². The predicted molar refractivity (Wildman–Crippen MR) is 117 cm³/mol.